The van der Waals surface area contributed by atoms with E-state index >= 15 is 0 Å². The number of hydrogen-bond acceptors (Lipinski definition) is 4. The number of nitrogens with one attached hydrogen (secondary N) is 1. The van der Waals surface area contributed by atoms with Gasteiger partial charge in [-0.15, -0.1) is 10.2 Å². The molecule has 0 saturated heterocycles. The fourth-order valence-corrected chi connectivity index (χ4v) is 2.24. The third-order valence-electron chi connectivity index (χ3n) is 4.04. The summed E-state index contributed by atoms with van der Waals surface area (Å²) >= 11 is 0. The maximum absolute atomic E-state index is 11.9. The molecule has 23 heavy (non-hydrogen) atoms. The molecule has 0 radical (unpaired) electrons. The van der Waals surface area contributed by atoms with Crippen LogP contribution in [0.2, 0.25) is 0 Å². The number of rotatable bonds is 8. The first-order valence-corrected chi connectivity index (χ1v) is 8.01. The SMILES string of the molecule is CCC(C)C(O)CNC(=O)CCc1nncn1-c1ccccc1. The lowest BCUT2D eigenvalue weighted by atomic mass is 10.0. The van der Waals surface area contributed by atoms with Crippen LogP contribution < -0.4 is 5.32 Å². The summed E-state index contributed by atoms with van der Waals surface area (Å²) in [4.78, 5) is 11.9. The number of aliphatic hydroxyl groups is 1. The molecule has 0 aliphatic heterocycles. The first-order valence-electron chi connectivity index (χ1n) is 8.01. The van der Waals surface area contributed by atoms with Crippen LogP contribution in [0.25, 0.3) is 5.69 Å². The molecule has 1 amide bonds. The number of aryl methyl sites for hydroxylation is 1. The van der Waals surface area contributed by atoms with Gasteiger partial charge in [-0.3, -0.25) is 9.36 Å². The van der Waals surface area contributed by atoms with Crippen LogP contribution in [0.1, 0.15) is 32.5 Å². The summed E-state index contributed by atoms with van der Waals surface area (Å²) in [6.07, 6.45) is 2.85. The van der Waals surface area contributed by atoms with E-state index in [1.165, 1.54) is 0 Å². The zero-order valence-corrected chi connectivity index (χ0v) is 13.6. The van der Waals surface area contributed by atoms with E-state index in [1.54, 1.807) is 6.33 Å². The Morgan fingerprint density at radius 3 is 2.78 bits per heavy atom. The molecular weight excluding hydrogens is 292 g/mol. The summed E-state index contributed by atoms with van der Waals surface area (Å²) in [6.45, 7) is 4.28. The second-order valence-electron chi connectivity index (χ2n) is 5.71. The molecule has 2 rings (SSSR count). The van der Waals surface area contributed by atoms with E-state index in [0.29, 0.717) is 19.4 Å². The highest BCUT2D eigenvalue weighted by atomic mass is 16.3. The molecule has 2 atom stereocenters. The number of benzene rings is 1. The Kier molecular flexibility index (Phi) is 6.29. The molecule has 1 heterocycles. The fraction of sp³-hybridized carbons (Fsp3) is 0.471. The molecule has 6 heteroatoms. The fourth-order valence-electron chi connectivity index (χ4n) is 2.24. The summed E-state index contributed by atoms with van der Waals surface area (Å²) in [5, 5.41) is 20.7. The molecule has 0 aliphatic rings. The van der Waals surface area contributed by atoms with Gasteiger partial charge in [0.1, 0.15) is 12.2 Å². The van der Waals surface area contributed by atoms with Crippen LogP contribution in [0, 0.1) is 5.92 Å². The summed E-state index contributed by atoms with van der Waals surface area (Å²) in [5.74, 6) is 0.834. The molecule has 2 unspecified atom stereocenters. The molecule has 2 N–H and O–H groups in total. The van der Waals surface area contributed by atoms with Gasteiger partial charge in [0.25, 0.3) is 0 Å². The van der Waals surface area contributed by atoms with Crippen molar-refractivity contribution < 1.29 is 9.90 Å². The Labute approximate surface area is 136 Å². The van der Waals surface area contributed by atoms with Crippen molar-refractivity contribution in [3.63, 3.8) is 0 Å². The smallest absolute Gasteiger partial charge is 0.220 e. The van der Waals surface area contributed by atoms with Crippen LogP contribution in [0.15, 0.2) is 36.7 Å². The van der Waals surface area contributed by atoms with E-state index in [2.05, 4.69) is 15.5 Å². The van der Waals surface area contributed by atoms with E-state index in [0.717, 1.165) is 17.9 Å². The van der Waals surface area contributed by atoms with Gasteiger partial charge in [0.15, 0.2) is 0 Å². The van der Waals surface area contributed by atoms with Crippen LogP contribution in [0.5, 0.6) is 0 Å². The monoisotopic (exact) mass is 316 g/mol. The van der Waals surface area contributed by atoms with Gasteiger partial charge in [-0.25, -0.2) is 0 Å². The van der Waals surface area contributed by atoms with Gasteiger partial charge in [-0.1, -0.05) is 38.5 Å². The Balaban J connectivity index is 1.85. The summed E-state index contributed by atoms with van der Waals surface area (Å²) in [7, 11) is 0. The number of carbonyl (C=O) groups excluding carboxylic acids is 1. The summed E-state index contributed by atoms with van der Waals surface area (Å²) in [6, 6.07) is 9.78. The zero-order valence-electron chi connectivity index (χ0n) is 13.6. The predicted octanol–water partition coefficient (Wildman–Crippen LogP) is 1.72. The number of nitrogens with zero attached hydrogens (tertiary/aromatic N) is 3. The van der Waals surface area contributed by atoms with Crippen LogP contribution in [-0.4, -0.2) is 38.4 Å². The molecule has 0 aliphatic carbocycles. The van der Waals surface area contributed by atoms with E-state index < -0.39 is 6.10 Å². The van der Waals surface area contributed by atoms with Crippen molar-refractivity contribution >= 4 is 5.91 Å². The van der Waals surface area contributed by atoms with Crippen LogP contribution in [0.3, 0.4) is 0 Å². The molecule has 6 nitrogen and oxygen atoms in total. The highest BCUT2D eigenvalue weighted by molar-refractivity contribution is 5.76. The lowest BCUT2D eigenvalue weighted by molar-refractivity contribution is -0.121. The van der Waals surface area contributed by atoms with Gasteiger partial charge in [0.2, 0.25) is 5.91 Å². The lowest BCUT2D eigenvalue weighted by Gasteiger charge is -2.17. The molecule has 0 bridgehead atoms. The van der Waals surface area contributed by atoms with Crippen molar-refractivity contribution in [2.45, 2.75) is 39.2 Å². The number of aromatic nitrogens is 3. The van der Waals surface area contributed by atoms with Crippen LogP contribution >= 0.6 is 0 Å². The van der Waals surface area contributed by atoms with E-state index in [-0.39, 0.29) is 11.8 Å². The Morgan fingerprint density at radius 2 is 2.09 bits per heavy atom. The molecule has 2 aromatic rings. The molecule has 0 saturated carbocycles. The molecule has 1 aromatic carbocycles. The second-order valence-corrected chi connectivity index (χ2v) is 5.71. The Hall–Kier alpha value is -2.21. The van der Waals surface area contributed by atoms with Crippen molar-refractivity contribution in [1.82, 2.24) is 20.1 Å². The van der Waals surface area contributed by atoms with E-state index in [4.69, 9.17) is 0 Å². The normalized spacial score (nSPS) is 13.5. The summed E-state index contributed by atoms with van der Waals surface area (Å²) in [5.41, 5.74) is 0.972. The first-order chi connectivity index (χ1) is 11.1. The largest absolute Gasteiger partial charge is 0.391 e. The summed E-state index contributed by atoms with van der Waals surface area (Å²) < 4.78 is 1.88. The van der Waals surface area contributed by atoms with Gasteiger partial charge < -0.3 is 10.4 Å². The third kappa shape index (κ3) is 4.89. The predicted molar refractivity (Wildman–Crippen MR) is 88.2 cm³/mol. The highest BCUT2D eigenvalue weighted by Gasteiger charge is 2.14. The van der Waals surface area contributed by atoms with Crippen molar-refractivity contribution in [1.29, 1.82) is 0 Å². The topological polar surface area (TPSA) is 80.0 Å². The number of para-hydroxylation sites is 1. The van der Waals surface area contributed by atoms with Gasteiger partial charge in [0, 0.05) is 25.1 Å². The molecule has 1 aromatic heterocycles. The second kappa shape index (κ2) is 8.43. The molecule has 0 spiro atoms. The Bertz CT molecular complexity index is 612. The highest BCUT2D eigenvalue weighted by Crippen LogP contribution is 2.10. The Morgan fingerprint density at radius 1 is 1.35 bits per heavy atom. The number of amides is 1. The quantitative estimate of drug-likeness (QED) is 0.777. The minimum Gasteiger partial charge on any atom is -0.391 e. The number of aliphatic hydroxyl groups excluding tert-OH is 1. The average molecular weight is 316 g/mol. The number of hydrogen-bond donors (Lipinski definition) is 2. The van der Waals surface area contributed by atoms with Crippen LogP contribution in [0.4, 0.5) is 0 Å². The van der Waals surface area contributed by atoms with Crippen molar-refractivity contribution in [2.75, 3.05) is 6.54 Å². The van der Waals surface area contributed by atoms with Crippen LogP contribution in [-0.2, 0) is 11.2 Å². The van der Waals surface area contributed by atoms with E-state index in [1.807, 2.05) is 48.7 Å². The maximum atomic E-state index is 11.9. The minimum atomic E-state index is -0.503. The first kappa shape index (κ1) is 17.1. The lowest BCUT2D eigenvalue weighted by Crippen LogP contribution is -2.35. The van der Waals surface area contributed by atoms with Gasteiger partial charge >= 0.3 is 0 Å². The maximum Gasteiger partial charge on any atom is 0.220 e. The van der Waals surface area contributed by atoms with Crippen molar-refractivity contribution in [3.05, 3.63) is 42.5 Å². The number of carbonyl (C=O) groups is 1. The van der Waals surface area contributed by atoms with Crippen molar-refractivity contribution in [2.24, 2.45) is 5.92 Å². The average Bonchev–Trinajstić information content (AvgIpc) is 3.06. The molecule has 124 valence electrons. The van der Waals surface area contributed by atoms with E-state index in [9.17, 15) is 9.90 Å². The van der Waals surface area contributed by atoms with Crippen molar-refractivity contribution in [3.8, 4) is 5.69 Å². The van der Waals surface area contributed by atoms with Gasteiger partial charge in [0.05, 0.1) is 6.10 Å². The third-order valence-corrected chi connectivity index (χ3v) is 4.04. The van der Waals surface area contributed by atoms with Gasteiger partial charge in [-0.05, 0) is 18.1 Å². The minimum absolute atomic E-state index is 0.0880. The zero-order chi connectivity index (χ0) is 16.7. The standard InChI is InChI=1S/C17H24N4O2/c1-3-13(2)15(22)11-18-17(23)10-9-16-20-19-12-21(16)14-7-5-4-6-8-14/h4-8,12-13,15,22H,3,9-11H2,1-2H3,(H,18,23). The molecular formula is C17H24N4O2. The van der Waals surface area contributed by atoms with Gasteiger partial charge in [-0.2, -0.15) is 0 Å². The molecule has 0 fully saturated rings.